The molecule has 3 nitrogen and oxygen atoms in total. The molecule has 0 fully saturated rings. The molecule has 0 unspecified atom stereocenters. The summed E-state index contributed by atoms with van der Waals surface area (Å²) < 4.78 is 33.6. The van der Waals surface area contributed by atoms with Gasteiger partial charge in [0.25, 0.3) is 0 Å². The zero-order valence-corrected chi connectivity index (χ0v) is 10.4. The first-order valence-electron chi connectivity index (χ1n) is 3.78. The molecule has 0 heterocycles. The van der Waals surface area contributed by atoms with E-state index < -0.39 is 11.2 Å². The van der Waals surface area contributed by atoms with E-state index in [9.17, 15) is 13.2 Å². The van der Waals surface area contributed by atoms with Crippen molar-refractivity contribution >= 4 is 17.2 Å². The molecule has 0 aliphatic rings. The van der Waals surface area contributed by atoms with E-state index in [4.69, 9.17) is 5.11 Å². The Morgan fingerprint density at radius 3 is 1.60 bits per heavy atom. The van der Waals surface area contributed by atoms with E-state index in [0.717, 1.165) is 11.0 Å². The lowest BCUT2D eigenvalue weighted by Crippen LogP contribution is -3.00. The average Bonchev–Trinajstić information content (AvgIpc) is 1.82. The van der Waals surface area contributed by atoms with Gasteiger partial charge in [0.1, 0.15) is 6.54 Å². The number of quaternary nitrogens is 1. The maximum absolute atomic E-state index is 10.9. The van der Waals surface area contributed by atoms with E-state index in [1.165, 1.54) is 0 Å². The van der Waals surface area contributed by atoms with Gasteiger partial charge in [-0.05, 0) is 0 Å². The number of rotatable bonds is 2. The lowest BCUT2D eigenvalue weighted by molar-refractivity contribution is -0.870. The number of nitrogens with zero attached hydrogens (tertiary/aromatic N) is 1. The van der Waals surface area contributed by atoms with Gasteiger partial charge in [0.15, 0.2) is 4.99 Å². The van der Waals surface area contributed by atoms with E-state index in [-0.39, 0.29) is 19.0 Å². The van der Waals surface area contributed by atoms with Gasteiger partial charge >= 0.3 is 6.18 Å². The first-order valence-corrected chi connectivity index (χ1v) is 4.19. The van der Waals surface area contributed by atoms with Gasteiger partial charge < -0.3 is 27.7 Å². The predicted molar refractivity (Wildman–Crippen MR) is 52.8 cm³/mol. The topological polar surface area (TPSA) is 46.2 Å². The van der Waals surface area contributed by atoms with Crippen molar-refractivity contribution in [3.8, 4) is 0 Å². The summed E-state index contributed by atoms with van der Waals surface area (Å²) in [4.78, 5) is -1.42. The van der Waals surface area contributed by atoms with E-state index in [0.29, 0.717) is 0 Å². The highest BCUT2D eigenvalue weighted by molar-refractivity contribution is 7.80. The fourth-order valence-electron chi connectivity index (χ4n) is 0.300. The van der Waals surface area contributed by atoms with Crippen LogP contribution >= 0.6 is 12.2 Å². The molecule has 0 spiro atoms. The normalized spacial score (nSPS) is 10.9. The molecule has 0 aromatic heterocycles. The summed E-state index contributed by atoms with van der Waals surface area (Å²) in [5.41, 5.74) is 4.18. The quantitative estimate of drug-likeness (QED) is 0.431. The highest BCUT2D eigenvalue weighted by Crippen LogP contribution is 2.13. The molecule has 0 saturated heterocycles. The third-order valence-corrected chi connectivity index (χ3v) is 1.28. The largest absolute Gasteiger partial charge is 1.00 e. The minimum atomic E-state index is -4.49. The van der Waals surface area contributed by atoms with Crippen LogP contribution in [0, 0.1) is 0 Å². The van der Waals surface area contributed by atoms with Crippen LogP contribution in [0.5, 0.6) is 0 Å². The Labute approximate surface area is 99.0 Å². The molecule has 0 bridgehead atoms. The molecule has 0 aliphatic heterocycles. The number of nitrogens with two attached hydrogens (primary N) is 1. The SMILES string of the molecule is C[N+](C)(C)CCO.NC(=S)C(F)(F)F.[Cl-]. The molecule has 15 heavy (non-hydrogen) atoms. The molecule has 0 saturated carbocycles. The van der Waals surface area contributed by atoms with Crippen molar-refractivity contribution in [2.24, 2.45) is 5.73 Å². The second-order valence-electron chi connectivity index (χ2n) is 3.60. The summed E-state index contributed by atoms with van der Waals surface area (Å²) in [6.07, 6.45) is -4.49. The molecule has 0 aliphatic carbocycles. The van der Waals surface area contributed by atoms with E-state index in [2.05, 4.69) is 39.1 Å². The lowest BCUT2D eigenvalue weighted by atomic mass is 10.5. The van der Waals surface area contributed by atoms with Crippen LogP contribution in [0.1, 0.15) is 0 Å². The lowest BCUT2D eigenvalue weighted by Gasteiger charge is -2.21. The zero-order chi connectivity index (χ0) is 12.0. The maximum atomic E-state index is 10.9. The van der Waals surface area contributed by atoms with Crippen LogP contribution in [0.4, 0.5) is 13.2 Å². The molecule has 0 amide bonds. The number of hydrogen-bond donors (Lipinski definition) is 2. The fraction of sp³-hybridized carbons (Fsp3) is 0.857. The summed E-state index contributed by atoms with van der Waals surface area (Å²) in [6, 6.07) is 0. The van der Waals surface area contributed by atoms with Crippen LogP contribution in [0.3, 0.4) is 0 Å². The van der Waals surface area contributed by atoms with Crippen LogP contribution in [0.2, 0.25) is 0 Å². The third-order valence-electron chi connectivity index (χ3n) is 1.05. The summed E-state index contributed by atoms with van der Waals surface area (Å²) in [5.74, 6) is 0. The number of alkyl halides is 3. The molecule has 0 atom stereocenters. The van der Waals surface area contributed by atoms with E-state index in [1.807, 2.05) is 0 Å². The zero-order valence-electron chi connectivity index (χ0n) is 8.81. The molecular weight excluding hydrogens is 253 g/mol. The van der Waals surface area contributed by atoms with Gasteiger partial charge in [-0.25, -0.2) is 0 Å². The van der Waals surface area contributed by atoms with Crippen LogP contribution in [0.25, 0.3) is 0 Å². The van der Waals surface area contributed by atoms with Crippen LogP contribution in [0.15, 0.2) is 0 Å². The molecule has 94 valence electrons. The second kappa shape index (κ2) is 8.09. The average molecular weight is 269 g/mol. The molecule has 8 heteroatoms. The highest BCUT2D eigenvalue weighted by Gasteiger charge is 2.31. The minimum Gasteiger partial charge on any atom is -1.00 e. The van der Waals surface area contributed by atoms with Crippen LogP contribution in [-0.4, -0.2) is 55.0 Å². The van der Waals surface area contributed by atoms with Crippen LogP contribution in [-0.2, 0) is 0 Å². The van der Waals surface area contributed by atoms with Gasteiger partial charge in [0.2, 0.25) is 0 Å². The summed E-state index contributed by atoms with van der Waals surface area (Å²) >= 11 is 3.59. The molecule has 0 rings (SSSR count). The summed E-state index contributed by atoms with van der Waals surface area (Å²) in [7, 11) is 6.16. The number of halogens is 4. The molecular formula is C7H16ClF3N2OS. The smallest absolute Gasteiger partial charge is 0.441 e. The van der Waals surface area contributed by atoms with Gasteiger partial charge in [-0.1, -0.05) is 12.2 Å². The minimum absolute atomic E-state index is 0. The van der Waals surface area contributed by atoms with E-state index >= 15 is 0 Å². The molecule has 0 radical (unpaired) electrons. The van der Waals surface area contributed by atoms with E-state index in [1.54, 1.807) is 0 Å². The van der Waals surface area contributed by atoms with Crippen molar-refractivity contribution in [2.75, 3.05) is 34.3 Å². The summed E-state index contributed by atoms with van der Waals surface area (Å²) in [5, 5.41) is 8.39. The molecule has 0 aromatic rings. The monoisotopic (exact) mass is 268 g/mol. The fourth-order valence-corrected chi connectivity index (χ4v) is 0.300. The molecule has 0 aromatic carbocycles. The Bertz CT molecular complexity index is 182. The van der Waals surface area contributed by atoms with Gasteiger partial charge in [-0.15, -0.1) is 0 Å². The second-order valence-corrected chi connectivity index (χ2v) is 4.04. The maximum Gasteiger partial charge on any atom is 0.441 e. The number of hydrogen-bond acceptors (Lipinski definition) is 2. The van der Waals surface area contributed by atoms with Gasteiger partial charge in [-0.2, -0.15) is 13.2 Å². The number of thiocarbonyl (C=S) groups is 1. The Morgan fingerprint density at radius 1 is 1.33 bits per heavy atom. The molecule has 3 N–H and O–H groups in total. The Balaban J connectivity index is -0.000000180. The number of likely N-dealkylation sites (N-methyl/N-ethyl adjacent to an activating group) is 1. The summed E-state index contributed by atoms with van der Waals surface area (Å²) in [6.45, 7) is 1.11. The third kappa shape index (κ3) is 20.1. The van der Waals surface area contributed by atoms with Crippen molar-refractivity contribution < 1.29 is 35.2 Å². The van der Waals surface area contributed by atoms with Crippen LogP contribution < -0.4 is 18.1 Å². The number of aliphatic hydroxyl groups is 1. The van der Waals surface area contributed by atoms with Gasteiger partial charge in [-0.3, -0.25) is 0 Å². The first-order chi connectivity index (χ1) is 6.00. The van der Waals surface area contributed by atoms with Crippen molar-refractivity contribution in [1.82, 2.24) is 0 Å². The Kier molecular flexibility index (Phi) is 11.0. The van der Waals surface area contributed by atoms with Gasteiger partial charge in [0, 0.05) is 0 Å². The van der Waals surface area contributed by atoms with Crippen molar-refractivity contribution in [1.29, 1.82) is 0 Å². The van der Waals surface area contributed by atoms with Crippen molar-refractivity contribution in [3.63, 3.8) is 0 Å². The number of aliphatic hydroxyl groups excluding tert-OH is 1. The Morgan fingerprint density at radius 2 is 1.60 bits per heavy atom. The standard InChI is InChI=1S/C5H14NO.C2H2F3NS.ClH/c1-6(2,3)4-5-7;3-2(4,5)1(6)7;/h7H,4-5H2,1-3H3;(H2,6,7);1H/q+1;;/p-1. The first kappa shape index (κ1) is 20.3. The van der Waals surface area contributed by atoms with Gasteiger partial charge in [0.05, 0.1) is 27.7 Å². The van der Waals surface area contributed by atoms with Crippen molar-refractivity contribution in [2.45, 2.75) is 6.18 Å². The Hall–Kier alpha value is -0.110. The predicted octanol–water partition coefficient (Wildman–Crippen LogP) is -2.48. The highest BCUT2D eigenvalue weighted by atomic mass is 35.5. The van der Waals surface area contributed by atoms with Crippen molar-refractivity contribution in [3.05, 3.63) is 0 Å².